The van der Waals surface area contributed by atoms with E-state index in [-0.39, 0.29) is 11.3 Å². The van der Waals surface area contributed by atoms with Crippen LogP contribution in [0.2, 0.25) is 0 Å². The van der Waals surface area contributed by atoms with E-state index in [4.69, 9.17) is 0 Å². The summed E-state index contributed by atoms with van der Waals surface area (Å²) in [6.07, 6.45) is 2.75. The van der Waals surface area contributed by atoms with E-state index in [1.54, 1.807) is 0 Å². The Kier molecular flexibility index (Phi) is 5.21. The van der Waals surface area contributed by atoms with Crippen LogP contribution >= 0.6 is 22.6 Å². The van der Waals surface area contributed by atoms with Gasteiger partial charge in [-0.1, -0.05) is 19.1 Å². The Morgan fingerprint density at radius 3 is 2.84 bits per heavy atom. The fraction of sp³-hybridized carbons (Fsp3) is 0.533. The number of benzene rings is 1. The lowest BCUT2D eigenvalue weighted by Crippen LogP contribution is -2.43. The van der Waals surface area contributed by atoms with Crippen LogP contribution in [0, 0.1) is 8.99 Å². The monoisotopic (exact) mass is 372 g/mol. The number of amides is 1. The van der Waals surface area contributed by atoms with Crippen LogP contribution in [-0.2, 0) is 11.2 Å². The van der Waals surface area contributed by atoms with Crippen LogP contribution in [0.5, 0.6) is 0 Å². The van der Waals surface area contributed by atoms with Crippen molar-refractivity contribution in [1.29, 1.82) is 0 Å². The molecule has 104 valence electrons. The molecule has 1 fully saturated rings. The highest BCUT2D eigenvalue weighted by atomic mass is 127. The highest BCUT2D eigenvalue weighted by molar-refractivity contribution is 14.1. The number of carbonyl (C=O) groups excluding carboxylic acids is 1. The van der Waals surface area contributed by atoms with E-state index in [1.807, 2.05) is 18.2 Å². The summed E-state index contributed by atoms with van der Waals surface area (Å²) in [6, 6.07) is 8.11. The van der Waals surface area contributed by atoms with Crippen LogP contribution in [0.1, 0.15) is 25.3 Å². The number of carbonyl (C=O) groups is 1. The molecular formula is C15H21IN2O. The fourth-order valence-electron chi connectivity index (χ4n) is 2.41. The van der Waals surface area contributed by atoms with E-state index in [1.165, 1.54) is 3.57 Å². The molecular weight excluding hydrogens is 351 g/mol. The van der Waals surface area contributed by atoms with Crippen molar-refractivity contribution in [2.24, 2.45) is 5.41 Å². The van der Waals surface area contributed by atoms with E-state index < -0.39 is 0 Å². The van der Waals surface area contributed by atoms with E-state index in [0.29, 0.717) is 6.42 Å². The molecule has 0 aliphatic carbocycles. The Morgan fingerprint density at radius 2 is 2.16 bits per heavy atom. The number of hydrogen-bond acceptors (Lipinski definition) is 2. The van der Waals surface area contributed by atoms with Crippen LogP contribution in [-0.4, -0.2) is 25.5 Å². The molecule has 0 spiro atoms. The predicted octanol–water partition coefficient (Wildman–Crippen LogP) is 2.34. The molecule has 19 heavy (non-hydrogen) atoms. The van der Waals surface area contributed by atoms with Crippen LogP contribution < -0.4 is 10.6 Å². The van der Waals surface area contributed by atoms with Gasteiger partial charge in [-0.15, -0.1) is 0 Å². The third-order valence-corrected chi connectivity index (χ3v) is 4.45. The Bertz CT molecular complexity index is 442. The normalized spacial score (nSPS) is 18.0. The molecule has 0 atom stereocenters. The SMILES string of the molecule is CC1(CNC(=O)Cc2cccc(I)c2)CCNCC1. The summed E-state index contributed by atoms with van der Waals surface area (Å²) in [4.78, 5) is 12.0. The number of piperidine rings is 1. The molecule has 1 aliphatic heterocycles. The lowest BCUT2D eigenvalue weighted by Gasteiger charge is -2.34. The van der Waals surface area contributed by atoms with Crippen molar-refractivity contribution in [2.75, 3.05) is 19.6 Å². The zero-order chi connectivity index (χ0) is 13.7. The van der Waals surface area contributed by atoms with Crippen molar-refractivity contribution in [2.45, 2.75) is 26.2 Å². The number of halogens is 1. The van der Waals surface area contributed by atoms with Gasteiger partial charge in [0, 0.05) is 10.1 Å². The van der Waals surface area contributed by atoms with Crippen molar-refractivity contribution in [3.63, 3.8) is 0 Å². The highest BCUT2D eigenvalue weighted by Crippen LogP contribution is 2.26. The molecule has 1 heterocycles. The molecule has 1 saturated heterocycles. The van der Waals surface area contributed by atoms with Gasteiger partial charge in [-0.3, -0.25) is 4.79 Å². The maximum absolute atomic E-state index is 12.0. The summed E-state index contributed by atoms with van der Waals surface area (Å²) in [5.41, 5.74) is 1.34. The molecule has 0 bridgehead atoms. The maximum atomic E-state index is 12.0. The second-order valence-corrected chi connectivity index (χ2v) is 6.89. The summed E-state index contributed by atoms with van der Waals surface area (Å²) < 4.78 is 1.17. The van der Waals surface area contributed by atoms with Gasteiger partial charge in [-0.25, -0.2) is 0 Å². The summed E-state index contributed by atoms with van der Waals surface area (Å²) in [6.45, 7) is 5.17. The van der Waals surface area contributed by atoms with Gasteiger partial charge in [0.05, 0.1) is 6.42 Å². The van der Waals surface area contributed by atoms with E-state index >= 15 is 0 Å². The van der Waals surface area contributed by atoms with Gasteiger partial charge in [0.25, 0.3) is 0 Å². The Morgan fingerprint density at radius 1 is 1.42 bits per heavy atom. The Labute approximate surface area is 128 Å². The Hall–Kier alpha value is -0.620. The zero-order valence-electron chi connectivity index (χ0n) is 11.3. The molecule has 1 amide bonds. The molecule has 0 radical (unpaired) electrons. The average molecular weight is 372 g/mol. The van der Waals surface area contributed by atoms with Gasteiger partial charge < -0.3 is 10.6 Å². The fourth-order valence-corrected chi connectivity index (χ4v) is 3.02. The molecule has 0 saturated carbocycles. The quantitative estimate of drug-likeness (QED) is 0.797. The molecule has 1 aromatic carbocycles. The minimum absolute atomic E-state index is 0.127. The van der Waals surface area contributed by atoms with E-state index in [9.17, 15) is 4.79 Å². The van der Waals surface area contributed by atoms with Crippen molar-refractivity contribution in [3.8, 4) is 0 Å². The van der Waals surface area contributed by atoms with E-state index in [0.717, 1.165) is 38.0 Å². The van der Waals surface area contributed by atoms with Crippen LogP contribution in [0.25, 0.3) is 0 Å². The smallest absolute Gasteiger partial charge is 0.224 e. The van der Waals surface area contributed by atoms with Crippen molar-refractivity contribution >= 4 is 28.5 Å². The molecule has 0 unspecified atom stereocenters. The van der Waals surface area contributed by atoms with Crippen molar-refractivity contribution < 1.29 is 4.79 Å². The van der Waals surface area contributed by atoms with Gasteiger partial charge in [-0.2, -0.15) is 0 Å². The van der Waals surface area contributed by atoms with Gasteiger partial charge in [0.2, 0.25) is 5.91 Å². The zero-order valence-corrected chi connectivity index (χ0v) is 13.5. The van der Waals surface area contributed by atoms with Gasteiger partial charge in [-0.05, 0) is 71.6 Å². The topological polar surface area (TPSA) is 41.1 Å². The molecule has 1 aliphatic rings. The summed E-state index contributed by atoms with van der Waals surface area (Å²) >= 11 is 2.27. The number of nitrogens with one attached hydrogen (secondary N) is 2. The first kappa shape index (κ1) is 14.8. The molecule has 2 rings (SSSR count). The van der Waals surface area contributed by atoms with Crippen LogP contribution in [0.4, 0.5) is 0 Å². The van der Waals surface area contributed by atoms with E-state index in [2.05, 4.69) is 46.2 Å². The molecule has 1 aromatic rings. The van der Waals surface area contributed by atoms with Gasteiger partial charge >= 0.3 is 0 Å². The summed E-state index contributed by atoms with van der Waals surface area (Å²) in [7, 11) is 0. The summed E-state index contributed by atoms with van der Waals surface area (Å²) in [5.74, 6) is 0.127. The summed E-state index contributed by atoms with van der Waals surface area (Å²) in [5, 5.41) is 6.45. The minimum Gasteiger partial charge on any atom is -0.355 e. The first-order valence-electron chi connectivity index (χ1n) is 6.79. The largest absolute Gasteiger partial charge is 0.355 e. The standard InChI is InChI=1S/C15H21IN2O/c1-15(5-7-17-8-6-15)11-18-14(19)10-12-3-2-4-13(16)9-12/h2-4,9,17H,5-8,10-11H2,1H3,(H,18,19). The van der Waals surface area contributed by atoms with Crippen molar-refractivity contribution in [1.82, 2.24) is 10.6 Å². The third-order valence-electron chi connectivity index (χ3n) is 3.78. The first-order valence-corrected chi connectivity index (χ1v) is 7.87. The van der Waals surface area contributed by atoms with Crippen LogP contribution in [0.15, 0.2) is 24.3 Å². The van der Waals surface area contributed by atoms with Crippen LogP contribution in [0.3, 0.4) is 0 Å². The Balaban J connectivity index is 1.81. The van der Waals surface area contributed by atoms with Crippen molar-refractivity contribution in [3.05, 3.63) is 33.4 Å². The molecule has 0 aromatic heterocycles. The molecule has 2 N–H and O–H groups in total. The second-order valence-electron chi connectivity index (χ2n) is 5.64. The van der Waals surface area contributed by atoms with Gasteiger partial charge in [0.15, 0.2) is 0 Å². The lowest BCUT2D eigenvalue weighted by atomic mass is 9.81. The lowest BCUT2D eigenvalue weighted by molar-refractivity contribution is -0.121. The second kappa shape index (κ2) is 6.70. The highest BCUT2D eigenvalue weighted by Gasteiger charge is 2.26. The van der Waals surface area contributed by atoms with Gasteiger partial charge in [0.1, 0.15) is 0 Å². The third kappa shape index (κ3) is 4.76. The minimum atomic E-state index is 0.127. The predicted molar refractivity (Wildman–Crippen MR) is 86.1 cm³/mol. The maximum Gasteiger partial charge on any atom is 0.224 e. The number of hydrogen-bond donors (Lipinski definition) is 2. The molecule has 4 heteroatoms. The molecule has 3 nitrogen and oxygen atoms in total. The average Bonchev–Trinajstić information content (AvgIpc) is 2.38. The number of rotatable bonds is 4. The first-order chi connectivity index (χ1) is 9.07.